The highest BCUT2D eigenvalue weighted by Gasteiger charge is 2.71. The molecule has 5 rings (SSSR count). The Morgan fingerprint density at radius 1 is 1.03 bits per heavy atom. The molecular formula is C32H48O4. The first-order chi connectivity index (χ1) is 17.4. The topological polar surface area (TPSA) is 66.8 Å². The third kappa shape index (κ3) is 4.61. The van der Waals surface area contributed by atoms with Crippen molar-refractivity contribution in [3.8, 4) is 5.75 Å². The zero-order valence-electron chi connectivity index (χ0n) is 22.6. The van der Waals surface area contributed by atoms with Gasteiger partial charge in [-0.2, -0.15) is 0 Å². The van der Waals surface area contributed by atoms with Crippen molar-refractivity contribution in [1.82, 2.24) is 0 Å². The number of carbonyl (C=O) groups excluding carboxylic acids is 1. The van der Waals surface area contributed by atoms with Crippen molar-refractivity contribution in [2.45, 2.75) is 134 Å². The summed E-state index contributed by atoms with van der Waals surface area (Å²) in [5.74, 6) is 2.05. The molecule has 1 aliphatic heterocycles. The number of phenols is 1. The lowest BCUT2D eigenvalue weighted by Crippen LogP contribution is -2.54. The SMILES string of the molecule is CCCCCCCCCCCC[C@H]1C[C@@]2(C)[C@@H](CC3OC(=O)C[C@@]32O)[C@@H]2CCc3cc(O)ccc3[C@@H]12. The summed E-state index contributed by atoms with van der Waals surface area (Å²) < 4.78 is 5.69. The van der Waals surface area contributed by atoms with E-state index >= 15 is 0 Å². The van der Waals surface area contributed by atoms with Gasteiger partial charge in [0.15, 0.2) is 0 Å². The molecule has 36 heavy (non-hydrogen) atoms. The molecule has 200 valence electrons. The maximum Gasteiger partial charge on any atom is 0.309 e. The Bertz CT molecular complexity index is 927. The van der Waals surface area contributed by atoms with Crippen LogP contribution in [0.25, 0.3) is 0 Å². The van der Waals surface area contributed by atoms with Crippen LogP contribution in [0, 0.1) is 23.2 Å². The van der Waals surface area contributed by atoms with Crippen molar-refractivity contribution >= 4 is 5.97 Å². The number of aromatic hydroxyl groups is 1. The monoisotopic (exact) mass is 496 g/mol. The van der Waals surface area contributed by atoms with Gasteiger partial charge in [0, 0.05) is 5.41 Å². The summed E-state index contributed by atoms with van der Waals surface area (Å²) in [6.07, 6.45) is 18.3. The molecule has 2 saturated carbocycles. The molecule has 1 unspecified atom stereocenters. The normalized spacial score (nSPS) is 36.6. The molecule has 1 saturated heterocycles. The number of esters is 1. The Kier molecular flexibility index (Phi) is 7.73. The van der Waals surface area contributed by atoms with Crippen molar-refractivity contribution in [1.29, 1.82) is 0 Å². The number of ether oxygens (including phenoxy) is 1. The quantitative estimate of drug-likeness (QED) is 0.247. The molecule has 4 nitrogen and oxygen atoms in total. The molecule has 0 radical (unpaired) electrons. The summed E-state index contributed by atoms with van der Waals surface area (Å²) in [5, 5.41) is 22.0. The maximum atomic E-state index is 12.2. The van der Waals surface area contributed by atoms with Gasteiger partial charge in [-0.15, -0.1) is 0 Å². The van der Waals surface area contributed by atoms with E-state index in [1.54, 1.807) is 0 Å². The van der Waals surface area contributed by atoms with Crippen LogP contribution in [-0.4, -0.2) is 27.9 Å². The van der Waals surface area contributed by atoms with Gasteiger partial charge >= 0.3 is 5.97 Å². The fourth-order valence-corrected chi connectivity index (χ4v) is 9.00. The molecule has 0 aromatic heterocycles. The van der Waals surface area contributed by atoms with Gasteiger partial charge in [-0.05, 0) is 79.0 Å². The molecular weight excluding hydrogens is 448 g/mol. The number of carbonyl (C=O) groups is 1. The number of unbranched alkanes of at least 4 members (excludes halogenated alkanes) is 9. The zero-order valence-corrected chi connectivity index (χ0v) is 22.6. The standard InChI is InChI=1S/C32H48O4/c1-3-4-5-6-7-8-9-10-11-12-13-23-20-31(2)27(19-28-32(31,35)21-29(34)36-28)26-16-14-22-18-24(33)15-17-25(22)30(23)26/h15,17-18,23,26-28,30,33,35H,3-14,16,19-21H2,1-2H3/t23-,26-,27-,28?,30+,31-,32+/m0/s1. The third-order valence-corrected chi connectivity index (χ3v) is 10.8. The van der Waals surface area contributed by atoms with Gasteiger partial charge in [-0.25, -0.2) is 0 Å². The minimum atomic E-state index is -1.01. The summed E-state index contributed by atoms with van der Waals surface area (Å²) in [6.45, 7) is 4.55. The minimum Gasteiger partial charge on any atom is -0.508 e. The van der Waals surface area contributed by atoms with Crippen molar-refractivity contribution in [3.63, 3.8) is 0 Å². The minimum absolute atomic E-state index is 0.164. The van der Waals surface area contributed by atoms with E-state index in [9.17, 15) is 15.0 Å². The van der Waals surface area contributed by atoms with E-state index < -0.39 is 5.60 Å². The highest BCUT2D eigenvalue weighted by molar-refractivity contribution is 5.74. The molecule has 0 bridgehead atoms. The van der Waals surface area contributed by atoms with Gasteiger partial charge < -0.3 is 14.9 Å². The van der Waals surface area contributed by atoms with E-state index in [1.807, 2.05) is 12.1 Å². The fraction of sp³-hybridized carbons (Fsp3) is 0.781. The van der Waals surface area contributed by atoms with Crippen LogP contribution in [0.1, 0.15) is 127 Å². The molecule has 0 amide bonds. The van der Waals surface area contributed by atoms with Crippen LogP contribution in [0.4, 0.5) is 0 Å². The predicted octanol–water partition coefficient (Wildman–Crippen LogP) is 7.44. The van der Waals surface area contributed by atoms with Crippen LogP contribution >= 0.6 is 0 Å². The number of phenolic OH excluding ortho intramolecular Hbond substituents is 1. The van der Waals surface area contributed by atoms with Gasteiger partial charge in [0.2, 0.25) is 0 Å². The number of hydrogen-bond donors (Lipinski definition) is 2. The second kappa shape index (κ2) is 10.7. The lowest BCUT2D eigenvalue weighted by molar-refractivity contribution is -0.142. The first-order valence-corrected chi connectivity index (χ1v) is 15.1. The first-order valence-electron chi connectivity index (χ1n) is 15.1. The summed E-state index contributed by atoms with van der Waals surface area (Å²) in [7, 11) is 0. The van der Waals surface area contributed by atoms with Gasteiger partial charge in [-0.3, -0.25) is 4.79 Å². The summed E-state index contributed by atoms with van der Waals surface area (Å²) in [6, 6.07) is 6.03. The Labute approximate surface area is 218 Å². The van der Waals surface area contributed by atoms with Crippen LogP contribution < -0.4 is 0 Å². The third-order valence-electron chi connectivity index (χ3n) is 10.8. The molecule has 3 fully saturated rings. The lowest BCUT2D eigenvalue weighted by atomic mass is 9.49. The van der Waals surface area contributed by atoms with E-state index in [2.05, 4.69) is 19.9 Å². The van der Waals surface area contributed by atoms with Crippen LogP contribution in [0.15, 0.2) is 18.2 Å². The van der Waals surface area contributed by atoms with Crippen LogP contribution in [-0.2, 0) is 16.0 Å². The molecule has 4 aliphatic rings. The summed E-state index contributed by atoms with van der Waals surface area (Å²) >= 11 is 0. The zero-order chi connectivity index (χ0) is 25.3. The molecule has 4 heteroatoms. The Hall–Kier alpha value is -1.55. The Morgan fingerprint density at radius 3 is 2.44 bits per heavy atom. The van der Waals surface area contributed by atoms with E-state index in [4.69, 9.17) is 4.74 Å². The number of rotatable bonds is 11. The average Bonchev–Trinajstić information content (AvgIpc) is 3.26. The van der Waals surface area contributed by atoms with Gasteiger partial charge in [-0.1, -0.05) is 84.1 Å². The van der Waals surface area contributed by atoms with E-state index in [0.29, 0.717) is 29.4 Å². The van der Waals surface area contributed by atoms with Gasteiger partial charge in [0.05, 0.1) is 6.42 Å². The molecule has 1 heterocycles. The smallest absolute Gasteiger partial charge is 0.309 e. The van der Waals surface area contributed by atoms with Crippen molar-refractivity contribution in [2.75, 3.05) is 0 Å². The van der Waals surface area contributed by atoms with E-state index in [-0.39, 0.29) is 23.9 Å². The maximum absolute atomic E-state index is 12.2. The highest BCUT2D eigenvalue weighted by atomic mass is 16.6. The van der Waals surface area contributed by atoms with E-state index in [1.165, 1.54) is 81.8 Å². The number of aliphatic hydroxyl groups is 1. The number of fused-ring (bicyclic) bond motifs is 7. The number of aryl methyl sites for hydroxylation is 1. The largest absolute Gasteiger partial charge is 0.508 e. The molecule has 1 aromatic carbocycles. The van der Waals surface area contributed by atoms with Gasteiger partial charge in [0.25, 0.3) is 0 Å². The van der Waals surface area contributed by atoms with E-state index in [0.717, 1.165) is 25.7 Å². The Balaban J connectivity index is 1.27. The molecule has 1 aromatic rings. The first kappa shape index (κ1) is 26.1. The number of hydrogen-bond acceptors (Lipinski definition) is 4. The van der Waals surface area contributed by atoms with Gasteiger partial charge in [0.1, 0.15) is 17.5 Å². The molecule has 3 aliphatic carbocycles. The van der Waals surface area contributed by atoms with Crippen LogP contribution in [0.3, 0.4) is 0 Å². The highest BCUT2D eigenvalue weighted by Crippen LogP contribution is 2.68. The van der Waals surface area contributed by atoms with Crippen molar-refractivity contribution in [2.24, 2.45) is 23.2 Å². The summed E-state index contributed by atoms with van der Waals surface area (Å²) in [5.41, 5.74) is 1.48. The van der Waals surface area contributed by atoms with Crippen molar-refractivity contribution in [3.05, 3.63) is 29.3 Å². The van der Waals surface area contributed by atoms with Crippen molar-refractivity contribution < 1.29 is 19.7 Å². The predicted molar refractivity (Wildman–Crippen MR) is 143 cm³/mol. The number of benzene rings is 1. The second-order valence-corrected chi connectivity index (χ2v) is 12.9. The summed E-state index contributed by atoms with van der Waals surface area (Å²) in [4.78, 5) is 12.2. The van der Waals surface area contributed by atoms with Crippen LogP contribution in [0.2, 0.25) is 0 Å². The second-order valence-electron chi connectivity index (χ2n) is 12.9. The average molecular weight is 497 g/mol. The fourth-order valence-electron chi connectivity index (χ4n) is 9.00. The Morgan fingerprint density at radius 2 is 1.72 bits per heavy atom. The lowest BCUT2D eigenvalue weighted by Gasteiger charge is -2.56. The molecule has 0 spiro atoms. The molecule has 7 atom stereocenters. The van der Waals surface area contributed by atoms with Crippen LogP contribution in [0.5, 0.6) is 5.75 Å². The molecule has 2 N–H and O–H groups in total.